The van der Waals surface area contributed by atoms with Crippen LogP contribution in [-0.4, -0.2) is 56.4 Å². The highest BCUT2D eigenvalue weighted by Gasteiger charge is 2.14. The normalized spacial score (nSPS) is 11.7. The molecule has 0 amide bonds. The Bertz CT molecular complexity index is 1040. The number of aliphatic imine (C=N–C) groups is 1. The van der Waals surface area contributed by atoms with Crippen molar-refractivity contribution in [3.8, 4) is 11.3 Å². The van der Waals surface area contributed by atoms with Crippen LogP contribution in [0.3, 0.4) is 0 Å². The van der Waals surface area contributed by atoms with Gasteiger partial charge in [0.25, 0.3) is 0 Å². The van der Waals surface area contributed by atoms with Gasteiger partial charge in [-0.15, -0.1) is 35.3 Å². The lowest BCUT2D eigenvalue weighted by Crippen LogP contribution is -2.42. The Hall–Kier alpha value is -1.96. The third kappa shape index (κ3) is 6.52. The van der Waals surface area contributed by atoms with Crippen LogP contribution in [-0.2, 0) is 16.6 Å². The number of H-pyrrole nitrogens is 1. The van der Waals surface area contributed by atoms with Gasteiger partial charge in [0.05, 0.1) is 18.4 Å². The molecule has 8 nitrogen and oxygen atoms in total. The van der Waals surface area contributed by atoms with E-state index in [4.69, 9.17) is 0 Å². The number of hydrogen-bond acceptors (Lipinski definition) is 5. The summed E-state index contributed by atoms with van der Waals surface area (Å²) < 4.78 is 27.1. The van der Waals surface area contributed by atoms with Crippen LogP contribution in [0, 0.1) is 0 Å². The minimum absolute atomic E-state index is 0. The Morgan fingerprint density at radius 3 is 2.63 bits per heavy atom. The number of nitrogens with zero attached hydrogens (tertiary/aromatic N) is 3. The summed E-state index contributed by atoms with van der Waals surface area (Å²) in [5.74, 6) is 1.46. The van der Waals surface area contributed by atoms with Crippen molar-refractivity contribution in [1.82, 2.24) is 24.9 Å². The van der Waals surface area contributed by atoms with Gasteiger partial charge in [-0.25, -0.2) is 18.1 Å². The van der Waals surface area contributed by atoms with E-state index >= 15 is 0 Å². The monoisotopic (exact) mass is 560 g/mol. The van der Waals surface area contributed by atoms with Gasteiger partial charge in [-0.05, 0) is 17.0 Å². The first-order valence-electron chi connectivity index (χ1n) is 9.04. The maximum Gasteiger partial charge on any atom is 0.250 e. The minimum atomic E-state index is -3.45. The molecule has 0 spiro atoms. The van der Waals surface area contributed by atoms with Gasteiger partial charge in [-0.2, -0.15) is 0 Å². The predicted octanol–water partition coefficient (Wildman–Crippen LogP) is 2.74. The summed E-state index contributed by atoms with van der Waals surface area (Å²) in [5.41, 5.74) is 2.04. The highest BCUT2D eigenvalue weighted by Crippen LogP contribution is 2.16. The van der Waals surface area contributed by atoms with Crippen molar-refractivity contribution < 1.29 is 8.42 Å². The molecule has 0 aliphatic heterocycles. The first-order valence-corrected chi connectivity index (χ1v) is 11.4. The summed E-state index contributed by atoms with van der Waals surface area (Å²) in [4.78, 5) is 13.9. The van der Waals surface area contributed by atoms with Crippen LogP contribution >= 0.6 is 35.3 Å². The topological polar surface area (TPSA) is 102 Å². The molecule has 0 unspecified atom stereocenters. The molecule has 0 radical (unpaired) electrons. The van der Waals surface area contributed by atoms with E-state index in [1.807, 2.05) is 48.5 Å². The largest absolute Gasteiger partial charge is 0.355 e. The number of imidazole rings is 1. The van der Waals surface area contributed by atoms with Gasteiger partial charge in [0.1, 0.15) is 10.0 Å². The van der Waals surface area contributed by atoms with Crippen molar-refractivity contribution in [3.05, 3.63) is 59.9 Å². The Balaban J connectivity index is 0.00000320. The van der Waals surface area contributed by atoms with Crippen molar-refractivity contribution in [2.75, 3.05) is 27.2 Å². The van der Waals surface area contributed by atoms with Crippen LogP contribution in [0.2, 0.25) is 0 Å². The number of benzene rings is 1. The average molecular weight is 560 g/mol. The predicted molar refractivity (Wildman–Crippen MR) is 132 cm³/mol. The SMILES string of the molecule is CN=C(NCCNS(=O)(=O)c1cccs1)N(C)Cc1ncc(-c2ccccc2)[nH]1.I. The third-order valence-electron chi connectivity index (χ3n) is 4.13. The van der Waals surface area contributed by atoms with Crippen LogP contribution in [0.15, 0.2) is 63.2 Å². The second-order valence-corrected chi connectivity index (χ2v) is 9.21. The van der Waals surface area contributed by atoms with Crippen molar-refractivity contribution in [2.24, 2.45) is 4.99 Å². The number of sulfonamides is 1. The summed E-state index contributed by atoms with van der Waals surface area (Å²) in [7, 11) is 0.131. The fourth-order valence-corrected chi connectivity index (χ4v) is 4.81. The summed E-state index contributed by atoms with van der Waals surface area (Å²) in [6, 6.07) is 13.3. The molecule has 0 atom stereocenters. The molecule has 0 aliphatic carbocycles. The van der Waals surface area contributed by atoms with Gasteiger partial charge in [0.15, 0.2) is 5.96 Å². The molecule has 0 fully saturated rings. The van der Waals surface area contributed by atoms with Crippen LogP contribution in [0.1, 0.15) is 5.82 Å². The number of halogens is 1. The Kier molecular flexibility index (Phi) is 9.27. The van der Waals surface area contributed by atoms with Crippen LogP contribution in [0.25, 0.3) is 11.3 Å². The van der Waals surface area contributed by atoms with Crippen molar-refractivity contribution >= 4 is 51.3 Å². The van der Waals surface area contributed by atoms with Crippen LogP contribution in [0.4, 0.5) is 0 Å². The van der Waals surface area contributed by atoms with Crippen LogP contribution < -0.4 is 10.0 Å². The second-order valence-electron chi connectivity index (χ2n) is 6.27. The number of nitrogens with one attached hydrogen (secondary N) is 3. The van der Waals surface area contributed by atoms with E-state index < -0.39 is 10.0 Å². The van der Waals surface area contributed by atoms with Gasteiger partial charge in [-0.1, -0.05) is 36.4 Å². The highest BCUT2D eigenvalue weighted by molar-refractivity contribution is 14.0. The zero-order valence-electron chi connectivity index (χ0n) is 16.7. The second kappa shape index (κ2) is 11.4. The van der Waals surface area contributed by atoms with Gasteiger partial charge in [0.2, 0.25) is 10.0 Å². The van der Waals surface area contributed by atoms with E-state index in [-0.39, 0.29) is 30.5 Å². The van der Waals surface area contributed by atoms with Crippen molar-refractivity contribution in [1.29, 1.82) is 0 Å². The molecule has 162 valence electrons. The molecule has 2 heterocycles. The molecule has 1 aromatic carbocycles. The minimum Gasteiger partial charge on any atom is -0.355 e. The van der Waals surface area contributed by atoms with Crippen molar-refractivity contribution in [2.45, 2.75) is 10.8 Å². The molecule has 3 aromatic rings. The number of rotatable bonds is 8. The van der Waals surface area contributed by atoms with Crippen LogP contribution in [0.5, 0.6) is 0 Å². The van der Waals surface area contributed by atoms with Crippen molar-refractivity contribution in [3.63, 3.8) is 0 Å². The van der Waals surface area contributed by atoms with E-state index in [1.54, 1.807) is 24.6 Å². The molecule has 0 bridgehead atoms. The molecule has 0 aliphatic rings. The van der Waals surface area contributed by atoms with Gasteiger partial charge in [0, 0.05) is 27.2 Å². The number of hydrogen-bond donors (Lipinski definition) is 3. The molecule has 3 N–H and O–H groups in total. The molecule has 2 aromatic heterocycles. The number of aromatic nitrogens is 2. The van der Waals surface area contributed by atoms with Gasteiger partial charge >= 0.3 is 0 Å². The maximum absolute atomic E-state index is 12.1. The summed E-state index contributed by atoms with van der Waals surface area (Å²) >= 11 is 1.19. The Morgan fingerprint density at radius 1 is 1.20 bits per heavy atom. The smallest absolute Gasteiger partial charge is 0.250 e. The Morgan fingerprint density at radius 2 is 1.97 bits per heavy atom. The maximum atomic E-state index is 12.1. The lowest BCUT2D eigenvalue weighted by molar-refractivity contribution is 0.464. The molecule has 0 saturated heterocycles. The number of guanidine groups is 1. The van der Waals surface area contributed by atoms with E-state index in [2.05, 4.69) is 25.0 Å². The quantitative estimate of drug-likeness (QED) is 0.170. The average Bonchev–Trinajstić information content (AvgIpc) is 3.41. The summed E-state index contributed by atoms with van der Waals surface area (Å²) in [6.07, 6.45) is 1.81. The Labute approximate surface area is 197 Å². The van der Waals surface area contributed by atoms with E-state index in [1.165, 1.54) is 11.3 Å². The van der Waals surface area contributed by atoms with Gasteiger partial charge in [-0.3, -0.25) is 4.99 Å². The molecular formula is C19H25IN6O2S2. The first-order chi connectivity index (χ1) is 14.0. The van der Waals surface area contributed by atoms with Gasteiger partial charge < -0.3 is 15.2 Å². The zero-order chi connectivity index (χ0) is 20.7. The summed E-state index contributed by atoms with van der Waals surface area (Å²) in [6.45, 7) is 1.20. The highest BCUT2D eigenvalue weighted by atomic mass is 127. The van der Waals surface area contributed by atoms with E-state index in [9.17, 15) is 8.42 Å². The standard InChI is InChI=1S/C19H24N6O2S2.HI/c1-20-19(21-10-11-23-29(26,27)18-9-6-12-28-18)25(2)14-17-22-13-16(24-17)15-7-4-3-5-8-15;/h3-9,12-13,23H,10-11,14H2,1-2H3,(H,20,21)(H,22,24);1H. The molecule has 3 rings (SSSR count). The van der Waals surface area contributed by atoms with E-state index in [0.29, 0.717) is 23.3 Å². The third-order valence-corrected chi connectivity index (χ3v) is 6.99. The lowest BCUT2D eigenvalue weighted by atomic mass is 10.2. The van der Waals surface area contributed by atoms with E-state index in [0.717, 1.165) is 17.1 Å². The first kappa shape index (κ1) is 24.3. The molecule has 30 heavy (non-hydrogen) atoms. The number of aromatic amines is 1. The fourth-order valence-electron chi connectivity index (χ4n) is 2.74. The molecule has 11 heteroatoms. The fraction of sp³-hybridized carbons (Fsp3) is 0.263. The molecular weight excluding hydrogens is 535 g/mol. The summed E-state index contributed by atoms with van der Waals surface area (Å²) in [5, 5.41) is 4.89. The number of thiophene rings is 1. The molecule has 0 saturated carbocycles. The zero-order valence-corrected chi connectivity index (χ0v) is 20.7. The lowest BCUT2D eigenvalue weighted by Gasteiger charge is -2.21.